The van der Waals surface area contributed by atoms with E-state index in [1.165, 1.54) is 12.1 Å². The summed E-state index contributed by atoms with van der Waals surface area (Å²) in [5, 5.41) is 4.20. The second-order valence-electron chi connectivity index (χ2n) is 7.61. The van der Waals surface area contributed by atoms with E-state index in [9.17, 15) is 18.0 Å². The Kier molecular flexibility index (Phi) is 4.28. The Morgan fingerprint density at radius 3 is 2.44 bits per heavy atom. The zero-order valence-electron chi connectivity index (χ0n) is 15.2. The number of rotatable bonds is 3. The minimum absolute atomic E-state index is 0.0374. The Morgan fingerprint density at radius 2 is 1.89 bits per heavy atom. The van der Waals surface area contributed by atoms with Crippen molar-refractivity contribution in [3.8, 4) is 0 Å². The van der Waals surface area contributed by atoms with Crippen LogP contribution in [0.4, 0.5) is 13.2 Å². The summed E-state index contributed by atoms with van der Waals surface area (Å²) < 4.78 is 41.6. The normalized spacial score (nSPS) is 21.9. The summed E-state index contributed by atoms with van der Waals surface area (Å²) in [7, 11) is 1.84. The highest BCUT2D eigenvalue weighted by molar-refractivity contribution is 5.94. The molecule has 1 aromatic carbocycles. The maximum Gasteiger partial charge on any atom is 0.398 e. The Hall–Kier alpha value is -2.31. The third kappa shape index (κ3) is 3.13. The number of nitrogens with zero attached hydrogens (tertiary/aromatic N) is 3. The number of hydrogen-bond acceptors (Lipinski definition) is 2. The number of benzene rings is 1. The maximum absolute atomic E-state index is 13.3. The topological polar surface area (TPSA) is 38.1 Å². The number of likely N-dealkylation sites (tertiary alicyclic amines) is 1. The van der Waals surface area contributed by atoms with E-state index in [1.807, 2.05) is 18.1 Å². The number of amides is 1. The van der Waals surface area contributed by atoms with Crippen molar-refractivity contribution in [2.45, 2.75) is 49.7 Å². The van der Waals surface area contributed by atoms with Crippen LogP contribution in [0.15, 0.2) is 36.7 Å². The van der Waals surface area contributed by atoms with Crippen LogP contribution < -0.4 is 0 Å². The van der Waals surface area contributed by atoms with E-state index in [0.29, 0.717) is 12.1 Å². The first-order valence-electron chi connectivity index (χ1n) is 9.29. The van der Waals surface area contributed by atoms with Gasteiger partial charge in [-0.3, -0.25) is 9.48 Å². The van der Waals surface area contributed by atoms with E-state index < -0.39 is 11.6 Å². The van der Waals surface area contributed by atoms with E-state index in [1.54, 1.807) is 23.0 Å². The predicted octanol–water partition coefficient (Wildman–Crippen LogP) is 4.38. The van der Waals surface area contributed by atoms with Crippen molar-refractivity contribution in [2.75, 3.05) is 6.54 Å². The first-order valence-corrected chi connectivity index (χ1v) is 9.29. The summed E-state index contributed by atoms with van der Waals surface area (Å²) >= 11 is 0. The maximum atomic E-state index is 13.3. The van der Waals surface area contributed by atoms with Gasteiger partial charge in [-0.1, -0.05) is 12.1 Å². The highest BCUT2D eigenvalue weighted by Gasteiger charge is 2.64. The highest BCUT2D eigenvalue weighted by Crippen LogP contribution is 2.58. The van der Waals surface area contributed by atoms with Gasteiger partial charge in [0.05, 0.1) is 17.7 Å². The molecule has 2 aliphatic rings. The standard InChI is InChI=1S/C20H22F3N3O/c1-25-13-15(12-24-25)17-4-2-3-11-26(17)18(27)14-5-7-16(8-6-14)19(9-10-19)20(21,22)23/h5-8,12-13,17H,2-4,9-11H2,1H3. The zero-order chi connectivity index (χ0) is 19.2. The molecule has 0 N–H and O–H groups in total. The van der Waals surface area contributed by atoms with E-state index in [2.05, 4.69) is 5.10 Å². The number of aromatic nitrogens is 2. The molecule has 144 valence electrons. The van der Waals surface area contributed by atoms with Crippen LogP contribution in [0.3, 0.4) is 0 Å². The monoisotopic (exact) mass is 377 g/mol. The quantitative estimate of drug-likeness (QED) is 0.796. The van der Waals surface area contributed by atoms with Gasteiger partial charge in [0, 0.05) is 30.9 Å². The van der Waals surface area contributed by atoms with Gasteiger partial charge in [-0.05, 0) is 49.8 Å². The van der Waals surface area contributed by atoms with Crippen LogP contribution >= 0.6 is 0 Å². The van der Waals surface area contributed by atoms with Crippen LogP contribution in [0.25, 0.3) is 0 Å². The fourth-order valence-electron chi connectivity index (χ4n) is 4.09. The molecular weight excluding hydrogens is 355 g/mol. The molecule has 7 heteroatoms. The zero-order valence-corrected chi connectivity index (χ0v) is 15.2. The molecule has 1 amide bonds. The molecule has 2 heterocycles. The second-order valence-corrected chi connectivity index (χ2v) is 7.61. The summed E-state index contributed by atoms with van der Waals surface area (Å²) in [4.78, 5) is 14.9. The smallest absolute Gasteiger partial charge is 0.331 e. The Balaban J connectivity index is 1.57. The molecule has 1 aliphatic carbocycles. The average molecular weight is 377 g/mol. The Labute approximate surface area is 156 Å². The van der Waals surface area contributed by atoms with Crippen LogP contribution in [0, 0.1) is 0 Å². The molecule has 1 atom stereocenters. The van der Waals surface area contributed by atoms with Crippen molar-refractivity contribution in [1.29, 1.82) is 0 Å². The highest BCUT2D eigenvalue weighted by atomic mass is 19.4. The van der Waals surface area contributed by atoms with E-state index >= 15 is 0 Å². The molecule has 27 heavy (non-hydrogen) atoms. The molecule has 1 aliphatic heterocycles. The predicted molar refractivity (Wildman–Crippen MR) is 94.2 cm³/mol. The van der Waals surface area contributed by atoms with Gasteiger partial charge in [0.15, 0.2) is 0 Å². The molecule has 1 aromatic heterocycles. The number of halogens is 3. The first kappa shape index (κ1) is 18.1. The van der Waals surface area contributed by atoms with E-state index in [0.717, 1.165) is 24.8 Å². The van der Waals surface area contributed by atoms with Crippen molar-refractivity contribution < 1.29 is 18.0 Å². The second kappa shape index (κ2) is 6.39. The third-order valence-corrected chi connectivity index (χ3v) is 5.85. The van der Waals surface area contributed by atoms with Crippen LogP contribution in [0.2, 0.25) is 0 Å². The molecule has 4 rings (SSSR count). The number of hydrogen-bond donors (Lipinski definition) is 0. The first-order chi connectivity index (χ1) is 12.8. The fourth-order valence-corrected chi connectivity index (χ4v) is 4.09. The fraction of sp³-hybridized carbons (Fsp3) is 0.500. The molecule has 1 saturated carbocycles. The number of aryl methyl sites for hydroxylation is 1. The van der Waals surface area contributed by atoms with Gasteiger partial charge in [0.1, 0.15) is 0 Å². The molecule has 4 nitrogen and oxygen atoms in total. The third-order valence-electron chi connectivity index (χ3n) is 5.85. The summed E-state index contributed by atoms with van der Waals surface area (Å²) in [6.07, 6.45) is 2.54. The molecule has 2 aromatic rings. The summed E-state index contributed by atoms with van der Waals surface area (Å²) in [6, 6.07) is 5.98. The van der Waals surface area contributed by atoms with Gasteiger partial charge in [-0.15, -0.1) is 0 Å². The number of alkyl halides is 3. The molecular formula is C20H22F3N3O. The molecule has 1 unspecified atom stereocenters. The van der Waals surface area contributed by atoms with Crippen LogP contribution in [0.1, 0.15) is 59.6 Å². The lowest BCUT2D eigenvalue weighted by Crippen LogP contribution is -2.38. The number of piperidine rings is 1. The largest absolute Gasteiger partial charge is 0.398 e. The summed E-state index contributed by atoms with van der Waals surface area (Å²) in [5.74, 6) is -0.132. The van der Waals surface area contributed by atoms with E-state index in [-0.39, 0.29) is 30.4 Å². The number of carbonyl (C=O) groups excluding carboxylic acids is 1. The lowest BCUT2D eigenvalue weighted by Gasteiger charge is -2.35. The SMILES string of the molecule is Cn1cc(C2CCCCN2C(=O)c2ccc(C3(C(F)(F)F)CC3)cc2)cn1. The van der Waals surface area contributed by atoms with Gasteiger partial charge in [0.2, 0.25) is 0 Å². The van der Waals surface area contributed by atoms with Gasteiger partial charge >= 0.3 is 6.18 Å². The van der Waals surface area contributed by atoms with Gasteiger partial charge in [-0.2, -0.15) is 18.3 Å². The van der Waals surface area contributed by atoms with Crippen molar-refractivity contribution in [3.63, 3.8) is 0 Å². The lowest BCUT2D eigenvalue weighted by atomic mass is 9.93. The Morgan fingerprint density at radius 1 is 1.19 bits per heavy atom. The average Bonchev–Trinajstić information content (AvgIpc) is 3.37. The van der Waals surface area contributed by atoms with Crippen molar-refractivity contribution in [3.05, 3.63) is 53.3 Å². The van der Waals surface area contributed by atoms with Crippen molar-refractivity contribution in [1.82, 2.24) is 14.7 Å². The van der Waals surface area contributed by atoms with Crippen molar-refractivity contribution in [2.24, 2.45) is 7.05 Å². The summed E-state index contributed by atoms with van der Waals surface area (Å²) in [5.41, 5.74) is -0.0181. The van der Waals surface area contributed by atoms with Crippen LogP contribution in [-0.4, -0.2) is 33.3 Å². The van der Waals surface area contributed by atoms with Gasteiger partial charge < -0.3 is 4.90 Å². The van der Waals surface area contributed by atoms with Crippen LogP contribution in [-0.2, 0) is 12.5 Å². The minimum atomic E-state index is -4.24. The lowest BCUT2D eigenvalue weighted by molar-refractivity contribution is -0.160. The molecule has 2 fully saturated rings. The Bertz CT molecular complexity index is 837. The molecule has 1 saturated heterocycles. The minimum Gasteiger partial charge on any atom is -0.331 e. The van der Waals surface area contributed by atoms with Gasteiger partial charge in [0.25, 0.3) is 5.91 Å². The van der Waals surface area contributed by atoms with E-state index in [4.69, 9.17) is 0 Å². The molecule has 0 bridgehead atoms. The molecule has 0 radical (unpaired) electrons. The van der Waals surface area contributed by atoms with Crippen LogP contribution in [0.5, 0.6) is 0 Å². The van der Waals surface area contributed by atoms with Gasteiger partial charge in [-0.25, -0.2) is 0 Å². The molecule has 0 spiro atoms. The summed E-state index contributed by atoms with van der Waals surface area (Å²) in [6.45, 7) is 0.645. The number of carbonyl (C=O) groups is 1. The van der Waals surface area contributed by atoms with Crippen molar-refractivity contribution >= 4 is 5.91 Å².